The van der Waals surface area contributed by atoms with Gasteiger partial charge in [-0.1, -0.05) is 6.07 Å². The van der Waals surface area contributed by atoms with Gasteiger partial charge in [0.2, 0.25) is 0 Å². The number of aromatic amines is 1. The molecule has 0 spiro atoms. The molecule has 0 bridgehead atoms. The van der Waals surface area contributed by atoms with E-state index in [0.717, 1.165) is 6.07 Å². The van der Waals surface area contributed by atoms with Crippen molar-refractivity contribution in [3.05, 3.63) is 59.2 Å². The number of rotatable bonds is 2. The molecule has 2 rings (SSSR count). The number of halogens is 1. The van der Waals surface area contributed by atoms with Crippen molar-refractivity contribution in [2.75, 3.05) is 0 Å². The van der Waals surface area contributed by atoms with Crippen molar-refractivity contribution in [3.8, 4) is 0 Å². The van der Waals surface area contributed by atoms with E-state index < -0.39 is 17.6 Å². The number of H-pyrrole nitrogens is 1. The zero-order valence-corrected chi connectivity index (χ0v) is 10.2. The molecule has 0 radical (unpaired) electrons. The number of nitrogens with one attached hydrogen (secondary N) is 3. The van der Waals surface area contributed by atoms with E-state index >= 15 is 0 Å². The summed E-state index contributed by atoms with van der Waals surface area (Å²) in [5.41, 5.74) is 5.58. The first-order valence-electron chi connectivity index (χ1n) is 5.58. The number of aromatic nitrogens is 1. The van der Waals surface area contributed by atoms with E-state index in [2.05, 4.69) is 15.8 Å². The Labute approximate surface area is 108 Å². The summed E-state index contributed by atoms with van der Waals surface area (Å²) >= 11 is 0. The molecular formula is C13H12FN3O2. The van der Waals surface area contributed by atoms with Crippen molar-refractivity contribution >= 4 is 11.8 Å². The van der Waals surface area contributed by atoms with Crippen LogP contribution in [0, 0.1) is 12.7 Å². The van der Waals surface area contributed by atoms with Crippen LogP contribution >= 0.6 is 0 Å². The van der Waals surface area contributed by atoms with Crippen molar-refractivity contribution in [2.24, 2.45) is 0 Å². The Kier molecular flexibility index (Phi) is 3.61. The molecule has 6 heteroatoms. The van der Waals surface area contributed by atoms with Crippen molar-refractivity contribution in [3.63, 3.8) is 0 Å². The number of carbonyl (C=O) groups is 2. The number of benzene rings is 1. The quantitative estimate of drug-likeness (QED) is 0.717. The van der Waals surface area contributed by atoms with Gasteiger partial charge in [-0.05, 0) is 36.8 Å². The molecule has 1 heterocycles. The maximum atomic E-state index is 13.1. The molecule has 0 saturated heterocycles. The Morgan fingerprint density at radius 3 is 2.58 bits per heavy atom. The van der Waals surface area contributed by atoms with Gasteiger partial charge in [0.15, 0.2) is 0 Å². The summed E-state index contributed by atoms with van der Waals surface area (Å²) in [4.78, 5) is 26.0. The summed E-state index contributed by atoms with van der Waals surface area (Å²) in [5, 5.41) is 0. The van der Waals surface area contributed by atoms with Crippen LogP contribution in [0.25, 0.3) is 0 Å². The van der Waals surface area contributed by atoms with Crippen LogP contribution in [0.2, 0.25) is 0 Å². The standard InChI is InChI=1S/C13H12FN3O2/c1-8-4-5-9(14)7-10(8)12(18)16-17-13(19)11-3-2-6-15-11/h2-7,15H,1H3,(H,16,18)(H,17,19). The monoisotopic (exact) mass is 261 g/mol. The second-order valence-electron chi connectivity index (χ2n) is 3.95. The molecule has 0 aliphatic heterocycles. The fourth-order valence-corrected chi connectivity index (χ4v) is 1.56. The van der Waals surface area contributed by atoms with Gasteiger partial charge in [-0.15, -0.1) is 0 Å². The van der Waals surface area contributed by atoms with Crippen molar-refractivity contribution in [2.45, 2.75) is 6.92 Å². The predicted molar refractivity (Wildman–Crippen MR) is 66.9 cm³/mol. The largest absolute Gasteiger partial charge is 0.357 e. The zero-order chi connectivity index (χ0) is 13.8. The van der Waals surface area contributed by atoms with Gasteiger partial charge in [-0.25, -0.2) is 4.39 Å². The number of hydrazine groups is 1. The van der Waals surface area contributed by atoms with Gasteiger partial charge in [-0.3, -0.25) is 20.4 Å². The second kappa shape index (κ2) is 5.34. The highest BCUT2D eigenvalue weighted by Crippen LogP contribution is 2.09. The first-order chi connectivity index (χ1) is 9.08. The number of hydrogen-bond donors (Lipinski definition) is 3. The maximum Gasteiger partial charge on any atom is 0.286 e. The molecule has 3 N–H and O–H groups in total. The highest BCUT2D eigenvalue weighted by molar-refractivity contribution is 5.99. The minimum Gasteiger partial charge on any atom is -0.357 e. The Morgan fingerprint density at radius 1 is 1.16 bits per heavy atom. The predicted octanol–water partition coefficient (Wildman–Crippen LogP) is 1.54. The molecule has 0 aliphatic rings. The lowest BCUT2D eigenvalue weighted by Gasteiger charge is -2.08. The van der Waals surface area contributed by atoms with E-state index in [1.54, 1.807) is 25.3 Å². The molecule has 0 atom stereocenters. The summed E-state index contributed by atoms with van der Waals surface area (Å²) in [6.07, 6.45) is 1.59. The average Bonchev–Trinajstić information content (AvgIpc) is 2.92. The van der Waals surface area contributed by atoms with Crippen LogP contribution in [-0.4, -0.2) is 16.8 Å². The molecule has 0 saturated carbocycles. The lowest BCUT2D eigenvalue weighted by atomic mass is 10.1. The number of hydrogen-bond acceptors (Lipinski definition) is 2. The van der Waals surface area contributed by atoms with Crippen LogP contribution in [0.4, 0.5) is 4.39 Å². The fraction of sp³-hybridized carbons (Fsp3) is 0.0769. The summed E-state index contributed by atoms with van der Waals surface area (Å²) in [7, 11) is 0. The Bertz CT molecular complexity index is 608. The van der Waals surface area contributed by atoms with Crippen LogP contribution in [0.3, 0.4) is 0 Å². The third kappa shape index (κ3) is 2.98. The summed E-state index contributed by atoms with van der Waals surface area (Å²) < 4.78 is 13.1. The van der Waals surface area contributed by atoms with E-state index in [0.29, 0.717) is 11.3 Å². The molecule has 2 amide bonds. The van der Waals surface area contributed by atoms with Crippen LogP contribution < -0.4 is 10.9 Å². The van der Waals surface area contributed by atoms with Crippen LogP contribution in [-0.2, 0) is 0 Å². The Morgan fingerprint density at radius 2 is 1.89 bits per heavy atom. The SMILES string of the molecule is Cc1ccc(F)cc1C(=O)NNC(=O)c1ccc[nH]1. The van der Waals surface area contributed by atoms with Gasteiger partial charge in [-0.2, -0.15) is 0 Å². The van der Waals surface area contributed by atoms with E-state index in [9.17, 15) is 14.0 Å². The summed E-state index contributed by atoms with van der Waals surface area (Å²) in [6, 6.07) is 7.11. The molecule has 0 aliphatic carbocycles. The maximum absolute atomic E-state index is 13.1. The lowest BCUT2D eigenvalue weighted by molar-refractivity contribution is 0.0843. The lowest BCUT2D eigenvalue weighted by Crippen LogP contribution is -2.42. The average molecular weight is 261 g/mol. The molecule has 0 unspecified atom stereocenters. The first kappa shape index (κ1) is 12.8. The van der Waals surface area contributed by atoms with Crippen molar-refractivity contribution in [1.82, 2.24) is 15.8 Å². The summed E-state index contributed by atoms with van der Waals surface area (Å²) in [6.45, 7) is 1.68. The highest BCUT2D eigenvalue weighted by atomic mass is 19.1. The summed E-state index contributed by atoms with van der Waals surface area (Å²) in [5.74, 6) is -1.56. The Balaban J connectivity index is 2.02. The molecule has 1 aromatic carbocycles. The molecular weight excluding hydrogens is 249 g/mol. The molecule has 2 aromatic rings. The van der Waals surface area contributed by atoms with Crippen LogP contribution in [0.5, 0.6) is 0 Å². The van der Waals surface area contributed by atoms with Gasteiger partial charge >= 0.3 is 0 Å². The van der Waals surface area contributed by atoms with E-state index in [1.807, 2.05) is 0 Å². The second-order valence-corrected chi connectivity index (χ2v) is 3.95. The molecule has 98 valence electrons. The van der Waals surface area contributed by atoms with Crippen molar-refractivity contribution in [1.29, 1.82) is 0 Å². The smallest absolute Gasteiger partial charge is 0.286 e. The van der Waals surface area contributed by atoms with Gasteiger partial charge < -0.3 is 4.98 Å². The Hall–Kier alpha value is -2.63. The van der Waals surface area contributed by atoms with E-state index in [4.69, 9.17) is 0 Å². The third-order valence-electron chi connectivity index (χ3n) is 2.58. The number of carbonyl (C=O) groups excluding carboxylic acids is 2. The first-order valence-corrected chi connectivity index (χ1v) is 5.58. The van der Waals surface area contributed by atoms with Gasteiger partial charge in [0, 0.05) is 11.8 Å². The van der Waals surface area contributed by atoms with E-state index in [1.165, 1.54) is 12.1 Å². The van der Waals surface area contributed by atoms with Crippen LogP contribution in [0.15, 0.2) is 36.5 Å². The van der Waals surface area contributed by atoms with E-state index in [-0.39, 0.29) is 5.56 Å². The van der Waals surface area contributed by atoms with Crippen LogP contribution in [0.1, 0.15) is 26.4 Å². The van der Waals surface area contributed by atoms with Crippen molar-refractivity contribution < 1.29 is 14.0 Å². The van der Waals surface area contributed by atoms with Gasteiger partial charge in [0.25, 0.3) is 11.8 Å². The molecule has 19 heavy (non-hydrogen) atoms. The van der Waals surface area contributed by atoms with Gasteiger partial charge in [0.05, 0.1) is 0 Å². The van der Waals surface area contributed by atoms with Gasteiger partial charge in [0.1, 0.15) is 11.5 Å². The molecule has 1 aromatic heterocycles. The zero-order valence-electron chi connectivity index (χ0n) is 10.2. The minimum absolute atomic E-state index is 0.173. The molecule has 5 nitrogen and oxygen atoms in total. The number of aryl methyl sites for hydroxylation is 1. The molecule has 0 fully saturated rings. The fourth-order valence-electron chi connectivity index (χ4n) is 1.56. The topological polar surface area (TPSA) is 74.0 Å². The minimum atomic E-state index is -0.572. The highest BCUT2D eigenvalue weighted by Gasteiger charge is 2.12. The normalized spacial score (nSPS) is 10.0. The third-order valence-corrected chi connectivity index (χ3v) is 2.58. The number of amides is 2.